The van der Waals surface area contributed by atoms with Crippen molar-refractivity contribution < 1.29 is 13.9 Å². The molecule has 1 heterocycles. The van der Waals surface area contributed by atoms with Gasteiger partial charge in [-0.05, 0) is 47.5 Å². The van der Waals surface area contributed by atoms with E-state index in [4.69, 9.17) is 0 Å². The molecule has 2 nitrogen and oxygen atoms in total. The molecule has 0 aliphatic rings. The molecule has 1 N–H and O–H groups in total. The summed E-state index contributed by atoms with van der Waals surface area (Å²) in [5.74, 6) is -0.535. The Bertz CT molecular complexity index is 910. The molecular formula is C23H25F2NO. The van der Waals surface area contributed by atoms with Crippen molar-refractivity contribution in [3.05, 3.63) is 60.0 Å². The number of hydrogen-bond donors (Lipinski definition) is 1. The Morgan fingerprint density at radius 2 is 1.67 bits per heavy atom. The van der Waals surface area contributed by atoms with E-state index >= 15 is 0 Å². The van der Waals surface area contributed by atoms with Crippen LogP contribution in [-0.2, 0) is 0 Å². The maximum atomic E-state index is 14.4. The average Bonchev–Trinajstić information content (AvgIpc) is 2.67. The number of aromatic nitrogens is 1. The van der Waals surface area contributed by atoms with Crippen LogP contribution < -0.4 is 0 Å². The minimum absolute atomic E-state index is 0.0416. The molecule has 4 heteroatoms. The molecule has 0 saturated carbocycles. The van der Waals surface area contributed by atoms with E-state index in [0.717, 1.165) is 48.4 Å². The Morgan fingerprint density at radius 3 is 2.44 bits per heavy atom. The zero-order chi connectivity index (χ0) is 19.2. The number of nitrogens with zero attached hydrogens (tertiary/aromatic N) is 1. The molecule has 1 unspecified atom stereocenters. The molecule has 1 aromatic heterocycles. The number of hydrogen-bond acceptors (Lipinski definition) is 2. The molecule has 0 spiro atoms. The first-order chi connectivity index (χ1) is 13.1. The van der Waals surface area contributed by atoms with Gasteiger partial charge < -0.3 is 5.11 Å². The Hall–Kier alpha value is -2.49. The van der Waals surface area contributed by atoms with Crippen LogP contribution >= 0.6 is 0 Å². The number of rotatable bonds is 8. The van der Waals surface area contributed by atoms with Gasteiger partial charge in [0.1, 0.15) is 11.9 Å². The summed E-state index contributed by atoms with van der Waals surface area (Å²) in [5, 5.41) is 11.4. The smallest absolute Gasteiger partial charge is 0.219 e. The molecule has 0 aliphatic heterocycles. The molecule has 1 atom stereocenters. The maximum Gasteiger partial charge on any atom is 0.219 e. The summed E-state index contributed by atoms with van der Waals surface area (Å²) in [5.41, 5.74) is 1.27. The summed E-state index contributed by atoms with van der Waals surface area (Å²) in [6.07, 6.45) is 4.17. The van der Waals surface area contributed by atoms with Gasteiger partial charge in [-0.2, -0.15) is 4.39 Å². The molecular weight excluding hydrogens is 344 g/mol. The Labute approximate surface area is 158 Å². The van der Waals surface area contributed by atoms with Crippen molar-refractivity contribution in [2.75, 3.05) is 0 Å². The minimum Gasteiger partial charge on any atom is -0.508 e. The normalized spacial score (nSPS) is 12.4. The fraction of sp³-hybridized carbons (Fsp3) is 0.348. The van der Waals surface area contributed by atoms with Crippen LogP contribution in [0.1, 0.15) is 57.2 Å². The fourth-order valence-electron chi connectivity index (χ4n) is 3.31. The third kappa shape index (κ3) is 4.82. The van der Waals surface area contributed by atoms with Crippen LogP contribution in [0.5, 0.6) is 5.75 Å². The highest BCUT2D eigenvalue weighted by Crippen LogP contribution is 2.30. The lowest BCUT2D eigenvalue weighted by Gasteiger charge is -2.11. The molecule has 0 aliphatic carbocycles. The van der Waals surface area contributed by atoms with E-state index in [0.29, 0.717) is 12.1 Å². The van der Waals surface area contributed by atoms with Gasteiger partial charge in [0.05, 0.1) is 5.69 Å². The number of fused-ring (bicyclic) bond motifs is 1. The first kappa shape index (κ1) is 19.3. The number of halogens is 2. The molecule has 0 amide bonds. The Morgan fingerprint density at radius 1 is 0.926 bits per heavy atom. The van der Waals surface area contributed by atoms with E-state index in [-0.39, 0.29) is 11.3 Å². The molecule has 27 heavy (non-hydrogen) atoms. The number of benzene rings is 2. The van der Waals surface area contributed by atoms with Gasteiger partial charge in [-0.1, -0.05) is 57.2 Å². The number of unbranched alkanes of at least 4 members (excludes halogenated alkanes) is 4. The summed E-state index contributed by atoms with van der Waals surface area (Å²) in [4.78, 5) is 3.99. The summed E-state index contributed by atoms with van der Waals surface area (Å²) >= 11 is 0. The third-order valence-corrected chi connectivity index (χ3v) is 4.90. The van der Waals surface area contributed by atoms with Gasteiger partial charge >= 0.3 is 0 Å². The predicted octanol–water partition coefficient (Wildman–Crippen LogP) is 7.12. The SMILES string of the molecule is CCCCCCCC(F)c1ccc(-c2ccc3cc(O)ccc3c2)nc1F. The van der Waals surface area contributed by atoms with Crippen molar-refractivity contribution in [3.63, 3.8) is 0 Å². The Balaban J connectivity index is 1.73. The fourth-order valence-corrected chi connectivity index (χ4v) is 3.31. The van der Waals surface area contributed by atoms with Gasteiger partial charge in [-0.3, -0.25) is 0 Å². The molecule has 2 aromatic carbocycles. The zero-order valence-electron chi connectivity index (χ0n) is 15.6. The standard InChI is InChI=1S/C23H25F2NO/c1-2-3-4-5-6-7-21(24)20-12-13-22(26-23(20)25)18-9-8-17-15-19(27)11-10-16(17)14-18/h8-15,21,27H,2-7H2,1H3. The quantitative estimate of drug-likeness (QED) is 0.339. The molecule has 0 radical (unpaired) electrons. The van der Waals surface area contributed by atoms with Gasteiger partial charge in [-0.15, -0.1) is 0 Å². The van der Waals surface area contributed by atoms with Crippen LogP contribution in [-0.4, -0.2) is 10.1 Å². The topological polar surface area (TPSA) is 33.1 Å². The van der Waals surface area contributed by atoms with E-state index in [1.165, 1.54) is 6.07 Å². The highest BCUT2D eigenvalue weighted by atomic mass is 19.1. The lowest BCUT2D eigenvalue weighted by atomic mass is 10.0. The Kier molecular flexibility index (Phi) is 6.38. The molecule has 3 rings (SSSR count). The summed E-state index contributed by atoms with van der Waals surface area (Å²) < 4.78 is 28.8. The van der Waals surface area contributed by atoms with Crippen molar-refractivity contribution in [2.45, 2.75) is 51.6 Å². The van der Waals surface area contributed by atoms with Crippen molar-refractivity contribution in [3.8, 4) is 17.0 Å². The van der Waals surface area contributed by atoms with E-state index in [1.54, 1.807) is 24.3 Å². The van der Waals surface area contributed by atoms with Gasteiger partial charge in [0, 0.05) is 11.1 Å². The van der Waals surface area contributed by atoms with Crippen molar-refractivity contribution in [1.82, 2.24) is 4.98 Å². The van der Waals surface area contributed by atoms with Crippen molar-refractivity contribution in [2.24, 2.45) is 0 Å². The largest absolute Gasteiger partial charge is 0.508 e. The molecule has 0 fully saturated rings. The number of pyridine rings is 1. The van der Waals surface area contributed by atoms with Gasteiger partial charge in [0.25, 0.3) is 0 Å². The third-order valence-electron chi connectivity index (χ3n) is 4.90. The summed E-state index contributed by atoms with van der Waals surface area (Å²) in [6, 6.07) is 13.8. The first-order valence-electron chi connectivity index (χ1n) is 9.62. The predicted molar refractivity (Wildman–Crippen MR) is 106 cm³/mol. The number of aromatic hydroxyl groups is 1. The lowest BCUT2D eigenvalue weighted by molar-refractivity contribution is 0.301. The van der Waals surface area contributed by atoms with Gasteiger partial charge in [-0.25, -0.2) is 9.37 Å². The second-order valence-corrected chi connectivity index (χ2v) is 6.99. The second-order valence-electron chi connectivity index (χ2n) is 6.99. The number of phenols is 1. The van der Waals surface area contributed by atoms with E-state index < -0.39 is 12.1 Å². The second kappa shape index (κ2) is 8.94. The minimum atomic E-state index is -1.31. The van der Waals surface area contributed by atoms with Crippen LogP contribution in [0.25, 0.3) is 22.0 Å². The van der Waals surface area contributed by atoms with E-state index in [1.807, 2.05) is 18.2 Å². The average molecular weight is 369 g/mol. The van der Waals surface area contributed by atoms with Crippen LogP contribution in [0.4, 0.5) is 8.78 Å². The van der Waals surface area contributed by atoms with E-state index in [2.05, 4.69) is 11.9 Å². The highest BCUT2D eigenvalue weighted by Gasteiger charge is 2.16. The van der Waals surface area contributed by atoms with Crippen LogP contribution in [0.2, 0.25) is 0 Å². The van der Waals surface area contributed by atoms with Crippen LogP contribution in [0.3, 0.4) is 0 Å². The monoisotopic (exact) mass is 369 g/mol. The van der Waals surface area contributed by atoms with E-state index in [9.17, 15) is 13.9 Å². The highest BCUT2D eigenvalue weighted by molar-refractivity contribution is 5.87. The molecule has 142 valence electrons. The van der Waals surface area contributed by atoms with Crippen molar-refractivity contribution >= 4 is 10.8 Å². The maximum absolute atomic E-state index is 14.4. The zero-order valence-corrected chi connectivity index (χ0v) is 15.6. The van der Waals surface area contributed by atoms with Crippen LogP contribution in [0.15, 0.2) is 48.5 Å². The molecule has 3 aromatic rings. The number of phenolic OH excluding ortho intramolecular Hbond substituents is 1. The summed E-state index contributed by atoms with van der Waals surface area (Å²) in [6.45, 7) is 2.14. The molecule has 0 saturated heterocycles. The first-order valence-corrected chi connectivity index (χ1v) is 9.62. The number of alkyl halides is 1. The molecule has 0 bridgehead atoms. The van der Waals surface area contributed by atoms with Gasteiger partial charge in [0.2, 0.25) is 5.95 Å². The van der Waals surface area contributed by atoms with Crippen molar-refractivity contribution in [1.29, 1.82) is 0 Å². The van der Waals surface area contributed by atoms with Crippen LogP contribution in [0, 0.1) is 5.95 Å². The lowest BCUT2D eigenvalue weighted by Crippen LogP contribution is -2.00. The summed E-state index contributed by atoms with van der Waals surface area (Å²) in [7, 11) is 0. The van der Waals surface area contributed by atoms with Gasteiger partial charge in [0.15, 0.2) is 0 Å².